The lowest BCUT2D eigenvalue weighted by molar-refractivity contribution is -0.281. The van der Waals surface area contributed by atoms with Crippen LogP contribution in [0.15, 0.2) is 0 Å². The van der Waals surface area contributed by atoms with Gasteiger partial charge in [0.2, 0.25) is 0 Å². The molecule has 0 aromatic heterocycles. The summed E-state index contributed by atoms with van der Waals surface area (Å²) in [6.45, 7) is 2.53. The largest absolute Gasteiger partial charge is 0.611 e. The lowest BCUT2D eigenvalue weighted by Gasteiger charge is -2.12. The summed E-state index contributed by atoms with van der Waals surface area (Å²) in [5.41, 5.74) is 0. The molecule has 0 aliphatic carbocycles. The summed E-state index contributed by atoms with van der Waals surface area (Å²) < 4.78 is 57.5. The van der Waals surface area contributed by atoms with Crippen molar-refractivity contribution in [2.24, 2.45) is 0 Å². The van der Waals surface area contributed by atoms with Crippen LogP contribution in [0.25, 0.3) is 0 Å². The van der Waals surface area contributed by atoms with Gasteiger partial charge in [-0.3, -0.25) is 0 Å². The van der Waals surface area contributed by atoms with Gasteiger partial charge in [-0.15, -0.1) is 13.2 Å². The van der Waals surface area contributed by atoms with Crippen molar-refractivity contribution in [2.75, 3.05) is 0 Å². The number of alkyl halides is 3. The Bertz CT molecular complexity index is 342. The van der Waals surface area contributed by atoms with Crippen molar-refractivity contribution in [3.63, 3.8) is 0 Å². The van der Waals surface area contributed by atoms with Gasteiger partial charge in [0.25, 0.3) is 0 Å². The van der Waals surface area contributed by atoms with Crippen LogP contribution in [0, 0.1) is 24.1 Å². The van der Waals surface area contributed by atoms with Crippen LogP contribution in [0.3, 0.4) is 0 Å². The molecule has 0 N–H and O–H groups in total. The minimum Gasteiger partial charge on any atom is -0.340 e. The van der Waals surface area contributed by atoms with Gasteiger partial charge in [-0.1, -0.05) is 11.8 Å². The molecule has 0 aliphatic heterocycles. The van der Waals surface area contributed by atoms with Crippen LogP contribution < -0.4 is 0 Å². The smallest absolute Gasteiger partial charge is 0.340 e. The molecule has 8 heteroatoms. The fraction of sp³-hybridized carbons (Fsp3) is 0.429. The number of phosphoric ester groups is 1. The summed E-state index contributed by atoms with van der Waals surface area (Å²) in [6, 6.07) is 0. The van der Waals surface area contributed by atoms with E-state index >= 15 is 0 Å². The number of phosphoric acid groups is 1. The van der Waals surface area contributed by atoms with Gasteiger partial charge in [0.05, 0.1) is 0 Å². The van der Waals surface area contributed by atoms with Crippen molar-refractivity contribution in [1.82, 2.24) is 0 Å². The normalized spacial score (nSPS) is 10.5. The summed E-state index contributed by atoms with van der Waals surface area (Å²) in [5, 5.41) is 0. The van der Waals surface area contributed by atoms with E-state index in [9.17, 15) is 17.7 Å². The Morgan fingerprint density at radius 1 is 1.07 bits per heavy atom. The summed E-state index contributed by atoms with van der Waals surface area (Å²) in [5.74, 6) is 4.13. The summed E-state index contributed by atoms with van der Waals surface area (Å²) in [4.78, 5) is 0. The molecule has 4 nitrogen and oxygen atoms in total. The van der Waals surface area contributed by atoms with Crippen LogP contribution in [0.4, 0.5) is 13.2 Å². The minimum atomic E-state index is -5.17. The second-order valence-electron chi connectivity index (χ2n) is 1.87. The number of halogens is 3. The predicted octanol–water partition coefficient (Wildman–Crippen LogP) is 2.63. The fourth-order valence-electron chi connectivity index (χ4n) is 0.386. The lowest BCUT2D eigenvalue weighted by atomic mass is 10.8. The van der Waals surface area contributed by atoms with Crippen LogP contribution in [-0.4, -0.2) is 6.36 Å². The molecule has 0 aromatic carbocycles. The topological polar surface area (TPSA) is 44.8 Å². The molecule has 84 valence electrons. The van der Waals surface area contributed by atoms with Crippen LogP contribution in [0.2, 0.25) is 0 Å². The van der Waals surface area contributed by atoms with Crippen LogP contribution in [-0.2, 0) is 18.1 Å². The zero-order valence-electron chi connectivity index (χ0n) is 7.71. The maximum Gasteiger partial charge on any atom is 0.611 e. The first-order valence-electron chi connectivity index (χ1n) is 3.41. The highest BCUT2D eigenvalue weighted by Gasteiger charge is 2.45. The van der Waals surface area contributed by atoms with Gasteiger partial charge < -0.3 is 9.05 Å². The first kappa shape index (κ1) is 13.7. The summed E-state index contributed by atoms with van der Waals surface area (Å²) in [6.07, 6.45) is -1.79. The van der Waals surface area contributed by atoms with Gasteiger partial charge in [0.1, 0.15) is 12.2 Å². The number of hydrogen-bond donors (Lipinski definition) is 0. The van der Waals surface area contributed by atoms with Gasteiger partial charge in [0.15, 0.2) is 0 Å². The molecule has 0 saturated carbocycles. The van der Waals surface area contributed by atoms with E-state index in [0.29, 0.717) is 0 Å². The van der Waals surface area contributed by atoms with E-state index in [1.54, 1.807) is 12.2 Å². The summed E-state index contributed by atoms with van der Waals surface area (Å²) in [7, 11) is -4.85. The number of rotatable bonds is 3. The highest BCUT2D eigenvalue weighted by molar-refractivity contribution is 7.48. The Morgan fingerprint density at radius 2 is 1.47 bits per heavy atom. The van der Waals surface area contributed by atoms with E-state index in [4.69, 9.17) is 0 Å². The molecular formula is C7H6F3O4P. The molecule has 0 radical (unpaired) electrons. The molecule has 0 heterocycles. The van der Waals surface area contributed by atoms with Crippen LogP contribution in [0.1, 0.15) is 13.8 Å². The third-order valence-corrected chi connectivity index (χ3v) is 1.79. The van der Waals surface area contributed by atoms with E-state index in [2.05, 4.69) is 25.4 Å². The molecule has 0 unspecified atom stereocenters. The standard InChI is InChI=1S/C7H6F3O4P/c1-3-5-12-15(11,13-6-4-2)14-7(8,9)10/h1-2H3. The van der Waals surface area contributed by atoms with E-state index in [1.807, 2.05) is 0 Å². The zero-order chi connectivity index (χ0) is 11.9. The first-order valence-corrected chi connectivity index (χ1v) is 4.87. The van der Waals surface area contributed by atoms with Gasteiger partial charge in [-0.05, 0) is 0 Å². The Kier molecular flexibility index (Phi) is 5.07. The average Bonchev–Trinajstić information content (AvgIpc) is 2.09. The molecule has 0 atom stereocenters. The van der Waals surface area contributed by atoms with Crippen LogP contribution >= 0.6 is 7.82 Å². The van der Waals surface area contributed by atoms with E-state index < -0.39 is 14.2 Å². The molecule has 0 fully saturated rings. The molecule has 0 aliphatic rings. The molecule has 0 spiro atoms. The molecule has 15 heavy (non-hydrogen) atoms. The van der Waals surface area contributed by atoms with Gasteiger partial charge in [0, 0.05) is 13.8 Å². The monoisotopic (exact) mass is 242 g/mol. The van der Waals surface area contributed by atoms with Crippen molar-refractivity contribution >= 4 is 7.82 Å². The average molecular weight is 242 g/mol. The van der Waals surface area contributed by atoms with Crippen LogP contribution in [0.5, 0.6) is 0 Å². The second kappa shape index (κ2) is 5.55. The lowest BCUT2D eigenvalue weighted by Crippen LogP contribution is -2.12. The molecule has 0 saturated heterocycles. The van der Waals surface area contributed by atoms with Crippen molar-refractivity contribution in [1.29, 1.82) is 0 Å². The Labute approximate surface area is 84.3 Å². The molecule has 0 bridgehead atoms. The maximum absolute atomic E-state index is 11.8. The van der Waals surface area contributed by atoms with E-state index in [0.717, 1.165) is 0 Å². The summed E-state index contributed by atoms with van der Waals surface area (Å²) >= 11 is 0. The quantitative estimate of drug-likeness (QED) is 0.563. The third-order valence-electron chi connectivity index (χ3n) is 0.734. The predicted molar refractivity (Wildman–Crippen MR) is 43.8 cm³/mol. The highest BCUT2D eigenvalue weighted by atomic mass is 31.2. The maximum atomic E-state index is 11.8. The number of hydrogen-bond acceptors (Lipinski definition) is 4. The Hall–Kier alpha value is -1.30. The molecule has 0 amide bonds. The van der Waals surface area contributed by atoms with Gasteiger partial charge >= 0.3 is 14.2 Å². The Balaban J connectivity index is 4.72. The Morgan fingerprint density at radius 3 is 1.73 bits per heavy atom. The third kappa shape index (κ3) is 6.73. The van der Waals surface area contributed by atoms with Gasteiger partial charge in [-0.2, -0.15) is 4.52 Å². The SMILES string of the molecule is CC#COP(=O)(OC#CC)OC(F)(F)F. The zero-order valence-corrected chi connectivity index (χ0v) is 8.61. The molecule has 0 rings (SSSR count). The van der Waals surface area contributed by atoms with Crippen molar-refractivity contribution in [2.45, 2.75) is 20.2 Å². The second-order valence-corrected chi connectivity index (χ2v) is 3.31. The van der Waals surface area contributed by atoms with Crippen molar-refractivity contribution in [3.8, 4) is 24.1 Å². The molecular weight excluding hydrogens is 236 g/mol. The van der Waals surface area contributed by atoms with E-state index in [-0.39, 0.29) is 0 Å². The minimum absolute atomic E-state index is 1.27. The van der Waals surface area contributed by atoms with Crippen molar-refractivity contribution < 1.29 is 31.3 Å². The molecule has 0 aromatic rings. The van der Waals surface area contributed by atoms with Crippen molar-refractivity contribution in [3.05, 3.63) is 0 Å². The van der Waals surface area contributed by atoms with Gasteiger partial charge in [-0.25, -0.2) is 4.57 Å². The highest BCUT2D eigenvalue weighted by Crippen LogP contribution is 2.53. The van der Waals surface area contributed by atoms with E-state index in [1.165, 1.54) is 13.8 Å². The first-order chi connectivity index (χ1) is 6.83. The fourth-order valence-corrected chi connectivity index (χ4v) is 1.16.